The number of anilines is 1. The van der Waals surface area contributed by atoms with Crippen LogP contribution in [0, 0.1) is 6.92 Å². The van der Waals surface area contributed by atoms with E-state index in [1.807, 2.05) is 13.0 Å². The topological polar surface area (TPSA) is 64.6 Å². The molecule has 0 spiro atoms. The van der Waals surface area contributed by atoms with E-state index in [4.69, 9.17) is 9.47 Å². The molecule has 0 bridgehead atoms. The number of amides is 1. The first-order chi connectivity index (χ1) is 12.9. The number of rotatable bonds is 7. The van der Waals surface area contributed by atoms with Crippen LogP contribution in [0.25, 0.3) is 0 Å². The summed E-state index contributed by atoms with van der Waals surface area (Å²) in [5.74, 6) is 0.0448. The van der Waals surface area contributed by atoms with E-state index in [1.54, 1.807) is 13.2 Å². The third-order valence-electron chi connectivity index (χ3n) is 5.89. The summed E-state index contributed by atoms with van der Waals surface area (Å²) in [6.07, 6.45) is 4.32. The first-order valence-corrected chi connectivity index (χ1v) is 9.86. The molecule has 1 fully saturated rings. The van der Waals surface area contributed by atoms with Crippen LogP contribution in [0.4, 0.5) is 5.69 Å². The van der Waals surface area contributed by atoms with E-state index in [9.17, 15) is 9.59 Å². The van der Waals surface area contributed by atoms with Gasteiger partial charge >= 0.3 is 5.97 Å². The molecule has 1 N–H and O–H groups in total. The second kappa shape index (κ2) is 9.22. The largest absolute Gasteiger partial charge is 0.497 e. The lowest BCUT2D eigenvalue weighted by molar-refractivity contribution is -0.945. The number of hydrogen-bond donors (Lipinski definition) is 1. The molecule has 1 aliphatic rings. The molecule has 1 aliphatic heterocycles. The summed E-state index contributed by atoms with van der Waals surface area (Å²) in [6, 6.07) is 3.30. The van der Waals surface area contributed by atoms with E-state index in [0.717, 1.165) is 48.9 Å². The molecule has 6 heteroatoms. The van der Waals surface area contributed by atoms with Crippen molar-refractivity contribution in [3.63, 3.8) is 0 Å². The van der Waals surface area contributed by atoms with E-state index in [2.05, 4.69) is 19.2 Å². The van der Waals surface area contributed by atoms with Gasteiger partial charge in [-0.2, -0.15) is 0 Å². The average Bonchev–Trinajstić information content (AvgIpc) is 2.69. The lowest BCUT2D eigenvalue weighted by Crippen LogP contribution is -2.61. The SMILES string of the molecule is CCC(C(=O)Nc1c(C)cc(OC)cc1C(=O)OC)[N+]1(CC)CCCCC1. The summed E-state index contributed by atoms with van der Waals surface area (Å²) in [7, 11) is 2.88. The number of hydrogen-bond acceptors (Lipinski definition) is 4. The molecule has 6 nitrogen and oxygen atoms in total. The standard InChI is InChI=1S/C21H32N2O4/c1-6-18(23(7-2)11-9-8-10-12-23)20(24)22-19-15(3)13-16(26-4)14-17(19)21(25)27-5/h13-14,18H,6-12H2,1-5H3/p+1. The number of nitrogens with zero attached hydrogens (tertiary/aromatic N) is 1. The minimum Gasteiger partial charge on any atom is -0.497 e. The van der Waals surface area contributed by atoms with Crippen LogP contribution in [0.3, 0.4) is 0 Å². The van der Waals surface area contributed by atoms with Crippen LogP contribution in [-0.2, 0) is 9.53 Å². The molecule has 27 heavy (non-hydrogen) atoms. The predicted octanol–water partition coefficient (Wildman–Crippen LogP) is 3.53. The van der Waals surface area contributed by atoms with Crippen molar-refractivity contribution in [1.82, 2.24) is 0 Å². The van der Waals surface area contributed by atoms with Crippen LogP contribution in [0.5, 0.6) is 5.75 Å². The third-order valence-corrected chi connectivity index (χ3v) is 5.89. The van der Waals surface area contributed by atoms with Crippen molar-refractivity contribution in [2.45, 2.75) is 52.5 Å². The molecule has 1 heterocycles. The van der Waals surface area contributed by atoms with Gasteiger partial charge in [0.1, 0.15) is 5.75 Å². The summed E-state index contributed by atoms with van der Waals surface area (Å²) in [5, 5.41) is 3.04. The first-order valence-electron chi connectivity index (χ1n) is 9.86. The maximum absolute atomic E-state index is 13.3. The fraction of sp³-hybridized carbons (Fsp3) is 0.619. The molecular formula is C21H33N2O4+. The van der Waals surface area contributed by atoms with Crippen LogP contribution in [-0.4, -0.2) is 56.3 Å². The number of quaternary nitrogens is 1. The van der Waals surface area contributed by atoms with E-state index in [-0.39, 0.29) is 11.9 Å². The fourth-order valence-electron chi connectivity index (χ4n) is 4.33. The number of esters is 1. The Morgan fingerprint density at radius 1 is 1.15 bits per heavy atom. The molecule has 0 aromatic heterocycles. The van der Waals surface area contributed by atoms with Crippen LogP contribution in [0.2, 0.25) is 0 Å². The lowest BCUT2D eigenvalue weighted by atomic mass is 10.00. The highest BCUT2D eigenvalue weighted by molar-refractivity contribution is 6.03. The van der Waals surface area contributed by atoms with Gasteiger partial charge in [-0.3, -0.25) is 4.79 Å². The molecule has 150 valence electrons. The van der Waals surface area contributed by atoms with Crippen molar-refractivity contribution in [2.24, 2.45) is 0 Å². The Hall–Kier alpha value is -2.08. The molecule has 0 saturated carbocycles. The maximum Gasteiger partial charge on any atom is 0.340 e. The van der Waals surface area contributed by atoms with Gasteiger partial charge in [-0.1, -0.05) is 6.92 Å². The molecule has 0 radical (unpaired) electrons. The van der Waals surface area contributed by atoms with Crippen molar-refractivity contribution in [1.29, 1.82) is 0 Å². The minimum absolute atomic E-state index is 0.0281. The molecule has 1 saturated heterocycles. The van der Waals surface area contributed by atoms with E-state index in [0.29, 0.717) is 17.0 Å². The van der Waals surface area contributed by atoms with Crippen molar-refractivity contribution in [2.75, 3.05) is 39.2 Å². The van der Waals surface area contributed by atoms with Crippen molar-refractivity contribution in [3.05, 3.63) is 23.3 Å². The molecule has 1 aromatic carbocycles. The Morgan fingerprint density at radius 2 is 1.81 bits per heavy atom. The second-order valence-electron chi connectivity index (χ2n) is 7.31. The van der Waals surface area contributed by atoms with Crippen molar-refractivity contribution >= 4 is 17.6 Å². The first kappa shape index (κ1) is 21.2. The zero-order chi connectivity index (χ0) is 20.0. The fourth-order valence-corrected chi connectivity index (χ4v) is 4.33. The highest BCUT2D eigenvalue weighted by atomic mass is 16.5. The average molecular weight is 378 g/mol. The summed E-state index contributed by atoms with van der Waals surface area (Å²) in [6.45, 7) is 9.10. The Kier molecular flexibility index (Phi) is 7.25. The summed E-state index contributed by atoms with van der Waals surface area (Å²) >= 11 is 0. The van der Waals surface area contributed by atoms with Gasteiger partial charge in [0.05, 0.1) is 45.1 Å². The smallest absolute Gasteiger partial charge is 0.340 e. The second-order valence-corrected chi connectivity index (χ2v) is 7.31. The number of carbonyl (C=O) groups is 2. The number of benzene rings is 1. The Labute approximate surface area is 162 Å². The van der Waals surface area contributed by atoms with E-state index in [1.165, 1.54) is 13.5 Å². The molecule has 1 unspecified atom stereocenters. The molecule has 1 aromatic rings. The minimum atomic E-state index is -0.488. The monoisotopic (exact) mass is 377 g/mol. The number of ether oxygens (including phenoxy) is 2. The number of piperidine rings is 1. The van der Waals surface area contributed by atoms with Crippen LogP contribution in [0.1, 0.15) is 55.5 Å². The maximum atomic E-state index is 13.3. The molecule has 1 amide bonds. The van der Waals surface area contributed by atoms with Gasteiger partial charge in [0.2, 0.25) is 0 Å². The van der Waals surface area contributed by atoms with Gasteiger partial charge in [0, 0.05) is 6.42 Å². The summed E-state index contributed by atoms with van der Waals surface area (Å²) in [5.41, 5.74) is 1.61. The van der Waals surface area contributed by atoms with Crippen LogP contribution >= 0.6 is 0 Å². The van der Waals surface area contributed by atoms with Gasteiger partial charge in [0.25, 0.3) is 5.91 Å². The number of carbonyl (C=O) groups excluding carboxylic acids is 2. The van der Waals surface area contributed by atoms with E-state index < -0.39 is 5.97 Å². The van der Waals surface area contributed by atoms with Crippen LogP contribution < -0.4 is 10.1 Å². The van der Waals surface area contributed by atoms with Gasteiger partial charge in [-0.25, -0.2) is 4.79 Å². The normalized spacial score (nSPS) is 17.1. The molecule has 1 atom stereocenters. The summed E-state index contributed by atoms with van der Waals surface area (Å²) < 4.78 is 11.0. The number of likely N-dealkylation sites (tertiary alicyclic amines) is 1. The predicted molar refractivity (Wildman–Crippen MR) is 106 cm³/mol. The molecule has 2 rings (SSSR count). The molecular weight excluding hydrogens is 344 g/mol. The highest BCUT2D eigenvalue weighted by Crippen LogP contribution is 2.30. The third kappa shape index (κ3) is 4.43. The van der Waals surface area contributed by atoms with Gasteiger partial charge in [-0.05, 0) is 50.8 Å². The highest BCUT2D eigenvalue weighted by Gasteiger charge is 2.40. The number of aryl methyl sites for hydroxylation is 1. The number of nitrogens with one attached hydrogen (secondary N) is 1. The summed E-state index contributed by atoms with van der Waals surface area (Å²) in [4.78, 5) is 25.5. The number of methoxy groups -OCH3 is 2. The Bertz CT molecular complexity index is 681. The van der Waals surface area contributed by atoms with Gasteiger partial charge < -0.3 is 19.3 Å². The van der Waals surface area contributed by atoms with Crippen molar-refractivity contribution in [3.8, 4) is 5.75 Å². The van der Waals surface area contributed by atoms with Gasteiger partial charge in [0.15, 0.2) is 6.04 Å². The molecule has 0 aliphatic carbocycles. The Balaban J connectivity index is 2.36. The van der Waals surface area contributed by atoms with E-state index >= 15 is 0 Å². The van der Waals surface area contributed by atoms with Gasteiger partial charge in [-0.15, -0.1) is 0 Å². The lowest BCUT2D eigenvalue weighted by Gasteiger charge is -2.45. The van der Waals surface area contributed by atoms with Crippen LogP contribution in [0.15, 0.2) is 12.1 Å². The van der Waals surface area contributed by atoms with Crippen molar-refractivity contribution < 1.29 is 23.5 Å². The zero-order valence-corrected chi connectivity index (χ0v) is 17.3. The Morgan fingerprint density at radius 3 is 2.33 bits per heavy atom. The number of likely N-dealkylation sites (N-methyl/N-ethyl adjacent to an activating group) is 1. The zero-order valence-electron chi connectivity index (χ0n) is 17.3. The quantitative estimate of drug-likeness (QED) is 0.583.